The fourth-order valence-electron chi connectivity index (χ4n) is 2.56. The zero-order valence-electron chi connectivity index (χ0n) is 12.0. The van der Waals surface area contributed by atoms with Gasteiger partial charge in [0.2, 0.25) is 0 Å². The number of hydrogen-bond donors (Lipinski definition) is 0. The molecule has 21 heavy (non-hydrogen) atoms. The number of urea groups is 1. The number of rotatable bonds is 4. The summed E-state index contributed by atoms with van der Waals surface area (Å²) in [5, 5.41) is 0. The number of hydrogen-bond acceptors (Lipinski definition) is 4. The number of esters is 1. The standard InChI is InChI=1S/C15H16N2O4/c1-5-7-16-8-11(18)17(14(16)20)9-21-13(19)12-10(6-2)15(12,3)4/h1-2,10,12H,7-9H2,3-4H3/t10?,12-/m0/s1. The molecule has 0 aromatic heterocycles. The maximum atomic E-state index is 12.0. The number of imide groups is 1. The van der Waals surface area contributed by atoms with Gasteiger partial charge in [0.1, 0.15) is 6.54 Å². The van der Waals surface area contributed by atoms with E-state index in [-0.39, 0.29) is 24.4 Å². The highest BCUT2D eigenvalue weighted by Gasteiger charge is 2.62. The van der Waals surface area contributed by atoms with E-state index in [9.17, 15) is 14.4 Å². The van der Waals surface area contributed by atoms with Crippen molar-refractivity contribution in [2.75, 3.05) is 19.8 Å². The Morgan fingerprint density at radius 1 is 1.43 bits per heavy atom. The minimum atomic E-state index is -0.547. The number of carbonyl (C=O) groups is 3. The average molecular weight is 288 g/mol. The third-order valence-electron chi connectivity index (χ3n) is 4.01. The predicted molar refractivity (Wildman–Crippen MR) is 73.2 cm³/mol. The summed E-state index contributed by atoms with van der Waals surface area (Å²) in [4.78, 5) is 37.6. The number of amides is 3. The molecule has 1 saturated heterocycles. The number of carbonyl (C=O) groups excluding carboxylic acids is 3. The first kappa shape index (κ1) is 14.9. The molecule has 6 heteroatoms. The molecular formula is C15H16N2O4. The van der Waals surface area contributed by atoms with Crippen molar-refractivity contribution in [3.05, 3.63) is 0 Å². The lowest BCUT2D eigenvalue weighted by molar-refractivity contribution is -0.151. The van der Waals surface area contributed by atoms with Gasteiger partial charge in [0.25, 0.3) is 5.91 Å². The van der Waals surface area contributed by atoms with Crippen molar-refractivity contribution in [2.24, 2.45) is 17.3 Å². The maximum Gasteiger partial charge on any atom is 0.330 e. The monoisotopic (exact) mass is 288 g/mol. The van der Waals surface area contributed by atoms with E-state index in [2.05, 4.69) is 11.8 Å². The summed E-state index contributed by atoms with van der Waals surface area (Å²) in [6.07, 6.45) is 10.5. The minimum Gasteiger partial charge on any atom is -0.443 e. The Hall–Kier alpha value is -2.47. The number of ether oxygens (including phenoxy) is 1. The molecule has 2 atom stereocenters. The molecule has 0 spiro atoms. The highest BCUT2D eigenvalue weighted by Crippen LogP contribution is 2.58. The molecule has 0 radical (unpaired) electrons. The predicted octanol–water partition coefficient (Wildman–Crippen LogP) is 0.290. The maximum absolute atomic E-state index is 12.0. The highest BCUT2D eigenvalue weighted by atomic mass is 16.5. The van der Waals surface area contributed by atoms with E-state index in [4.69, 9.17) is 17.6 Å². The van der Waals surface area contributed by atoms with Gasteiger partial charge in [0.05, 0.1) is 12.5 Å². The van der Waals surface area contributed by atoms with Gasteiger partial charge in [0, 0.05) is 5.92 Å². The van der Waals surface area contributed by atoms with Crippen LogP contribution in [0.5, 0.6) is 0 Å². The molecule has 6 nitrogen and oxygen atoms in total. The molecule has 1 unspecified atom stereocenters. The minimum absolute atomic E-state index is 0.0455. The second-order valence-corrected chi connectivity index (χ2v) is 5.70. The van der Waals surface area contributed by atoms with E-state index in [0.717, 1.165) is 4.90 Å². The van der Waals surface area contributed by atoms with Crippen LogP contribution in [-0.2, 0) is 14.3 Å². The largest absolute Gasteiger partial charge is 0.443 e. The van der Waals surface area contributed by atoms with Crippen molar-refractivity contribution in [3.8, 4) is 24.7 Å². The summed E-state index contributed by atoms with van der Waals surface area (Å²) >= 11 is 0. The summed E-state index contributed by atoms with van der Waals surface area (Å²) < 4.78 is 5.06. The fraction of sp³-hybridized carbons (Fsp3) is 0.533. The molecule has 1 heterocycles. The molecule has 0 aromatic carbocycles. The van der Waals surface area contributed by atoms with Crippen molar-refractivity contribution in [1.82, 2.24) is 9.80 Å². The van der Waals surface area contributed by atoms with Gasteiger partial charge < -0.3 is 9.64 Å². The lowest BCUT2D eigenvalue weighted by Crippen LogP contribution is -2.36. The van der Waals surface area contributed by atoms with Crippen LogP contribution in [0.25, 0.3) is 0 Å². The average Bonchev–Trinajstić information content (AvgIpc) is 2.88. The van der Waals surface area contributed by atoms with Crippen molar-refractivity contribution >= 4 is 17.9 Å². The van der Waals surface area contributed by atoms with Crippen LogP contribution in [0.4, 0.5) is 4.79 Å². The van der Waals surface area contributed by atoms with E-state index in [0.29, 0.717) is 0 Å². The Labute approximate surface area is 123 Å². The lowest BCUT2D eigenvalue weighted by atomic mass is 10.1. The lowest BCUT2D eigenvalue weighted by Gasteiger charge is -2.15. The normalized spacial score (nSPS) is 26.3. The van der Waals surface area contributed by atoms with Crippen molar-refractivity contribution in [1.29, 1.82) is 0 Å². The Balaban J connectivity index is 1.91. The van der Waals surface area contributed by atoms with Gasteiger partial charge in [-0.1, -0.05) is 19.8 Å². The van der Waals surface area contributed by atoms with E-state index < -0.39 is 30.6 Å². The Morgan fingerprint density at radius 3 is 2.62 bits per heavy atom. The second-order valence-electron chi connectivity index (χ2n) is 5.70. The molecule has 0 aromatic rings. The van der Waals surface area contributed by atoms with Crippen LogP contribution in [0.3, 0.4) is 0 Å². The molecule has 1 saturated carbocycles. The van der Waals surface area contributed by atoms with E-state index in [1.165, 1.54) is 4.90 Å². The summed E-state index contributed by atoms with van der Waals surface area (Å²) in [7, 11) is 0. The van der Waals surface area contributed by atoms with E-state index >= 15 is 0 Å². The summed E-state index contributed by atoms with van der Waals surface area (Å²) in [6.45, 7) is 3.31. The summed E-state index contributed by atoms with van der Waals surface area (Å²) in [6, 6.07) is -0.547. The van der Waals surface area contributed by atoms with Gasteiger partial charge in [-0.05, 0) is 5.41 Å². The van der Waals surface area contributed by atoms with Crippen LogP contribution < -0.4 is 0 Å². The van der Waals surface area contributed by atoms with Crippen molar-refractivity contribution < 1.29 is 19.1 Å². The first-order valence-corrected chi connectivity index (χ1v) is 6.50. The molecule has 2 aliphatic rings. The molecule has 0 N–H and O–H groups in total. The first-order valence-electron chi connectivity index (χ1n) is 6.50. The Bertz CT molecular complexity index is 581. The van der Waals surface area contributed by atoms with Gasteiger partial charge in [-0.3, -0.25) is 9.59 Å². The van der Waals surface area contributed by atoms with Gasteiger partial charge >= 0.3 is 12.0 Å². The van der Waals surface area contributed by atoms with Gasteiger partial charge in [-0.15, -0.1) is 18.8 Å². The molecule has 1 aliphatic carbocycles. The van der Waals surface area contributed by atoms with Crippen LogP contribution >= 0.6 is 0 Å². The van der Waals surface area contributed by atoms with Crippen LogP contribution in [0.1, 0.15) is 13.8 Å². The molecular weight excluding hydrogens is 272 g/mol. The van der Waals surface area contributed by atoms with Crippen LogP contribution in [0, 0.1) is 41.9 Å². The van der Waals surface area contributed by atoms with Gasteiger partial charge in [-0.25, -0.2) is 9.69 Å². The van der Waals surface area contributed by atoms with Gasteiger partial charge in [-0.2, -0.15) is 0 Å². The topological polar surface area (TPSA) is 66.9 Å². The van der Waals surface area contributed by atoms with Crippen LogP contribution in [0.15, 0.2) is 0 Å². The van der Waals surface area contributed by atoms with Crippen LogP contribution in [-0.4, -0.2) is 47.5 Å². The quantitative estimate of drug-likeness (QED) is 0.424. The smallest absolute Gasteiger partial charge is 0.330 e. The SMILES string of the molecule is C#CCN1CC(=O)N(COC(=O)[C@@H]2C(C#C)C2(C)C)C1=O. The summed E-state index contributed by atoms with van der Waals surface area (Å²) in [5.74, 6) is 3.36. The number of terminal acetylenes is 2. The van der Waals surface area contributed by atoms with E-state index in [1.807, 2.05) is 13.8 Å². The molecule has 110 valence electrons. The van der Waals surface area contributed by atoms with Crippen LogP contribution in [0.2, 0.25) is 0 Å². The highest BCUT2D eigenvalue weighted by molar-refractivity contribution is 6.02. The van der Waals surface area contributed by atoms with Crippen molar-refractivity contribution in [2.45, 2.75) is 13.8 Å². The second kappa shape index (κ2) is 5.14. The summed E-state index contributed by atoms with van der Waals surface area (Å²) in [5.41, 5.74) is -0.305. The van der Waals surface area contributed by atoms with Gasteiger partial charge in [0.15, 0.2) is 6.73 Å². The van der Waals surface area contributed by atoms with E-state index in [1.54, 1.807) is 0 Å². The zero-order valence-corrected chi connectivity index (χ0v) is 12.0. The number of nitrogens with zero attached hydrogens (tertiary/aromatic N) is 2. The molecule has 1 aliphatic heterocycles. The zero-order chi connectivity index (χ0) is 15.8. The Kier molecular flexibility index (Phi) is 3.65. The molecule has 0 bridgehead atoms. The third-order valence-corrected chi connectivity index (χ3v) is 4.01. The third kappa shape index (κ3) is 2.45. The molecule has 3 amide bonds. The first-order chi connectivity index (χ1) is 9.84. The molecule has 2 rings (SSSR count). The van der Waals surface area contributed by atoms with Crippen molar-refractivity contribution in [3.63, 3.8) is 0 Å². The fourth-order valence-corrected chi connectivity index (χ4v) is 2.56. The molecule has 2 fully saturated rings. The Morgan fingerprint density at radius 2 is 2.10 bits per heavy atom.